The van der Waals surface area contributed by atoms with Crippen LogP contribution in [0.15, 0.2) is 36.7 Å². The second-order valence-electron chi connectivity index (χ2n) is 5.13. The van der Waals surface area contributed by atoms with E-state index in [4.69, 9.17) is 4.74 Å². The van der Waals surface area contributed by atoms with Gasteiger partial charge in [-0.15, -0.1) is 0 Å². The van der Waals surface area contributed by atoms with Crippen LogP contribution in [0.2, 0.25) is 0 Å². The van der Waals surface area contributed by atoms with Crippen molar-refractivity contribution in [2.75, 3.05) is 38.2 Å². The third-order valence-corrected chi connectivity index (χ3v) is 3.81. The van der Waals surface area contributed by atoms with Gasteiger partial charge in [-0.3, -0.25) is 4.79 Å². The molecule has 0 atom stereocenters. The zero-order chi connectivity index (χ0) is 15.4. The van der Waals surface area contributed by atoms with E-state index in [0.717, 1.165) is 36.4 Å². The van der Waals surface area contributed by atoms with Gasteiger partial charge in [-0.1, -0.05) is 12.1 Å². The van der Waals surface area contributed by atoms with Gasteiger partial charge in [0.05, 0.1) is 7.11 Å². The fraction of sp³-hybridized carbons (Fsp3) is 0.312. The highest BCUT2D eigenvalue weighted by molar-refractivity contribution is 5.63. The van der Waals surface area contributed by atoms with Crippen LogP contribution in [0.4, 0.5) is 5.95 Å². The molecule has 0 saturated carbocycles. The summed E-state index contributed by atoms with van der Waals surface area (Å²) in [5, 5.41) is 0. The number of nitrogens with zero attached hydrogens (tertiary/aromatic N) is 4. The fourth-order valence-electron chi connectivity index (χ4n) is 2.44. The summed E-state index contributed by atoms with van der Waals surface area (Å²) in [7, 11) is 1.65. The molecule has 0 unspecified atom stereocenters. The van der Waals surface area contributed by atoms with Crippen molar-refractivity contribution in [2.45, 2.75) is 0 Å². The van der Waals surface area contributed by atoms with Crippen LogP contribution in [0.25, 0.3) is 11.1 Å². The van der Waals surface area contributed by atoms with E-state index < -0.39 is 0 Å². The summed E-state index contributed by atoms with van der Waals surface area (Å²) in [5.41, 5.74) is 2.02. The number of hydrogen-bond donors (Lipinski definition) is 0. The smallest absolute Gasteiger partial charge is 0.225 e. The lowest BCUT2D eigenvalue weighted by Gasteiger charge is -2.32. The summed E-state index contributed by atoms with van der Waals surface area (Å²) in [4.78, 5) is 23.5. The van der Waals surface area contributed by atoms with E-state index in [1.807, 2.05) is 36.7 Å². The molecule has 0 aliphatic carbocycles. The molecular weight excluding hydrogens is 280 g/mol. The van der Waals surface area contributed by atoms with Gasteiger partial charge in [0.1, 0.15) is 5.75 Å². The molecule has 22 heavy (non-hydrogen) atoms. The monoisotopic (exact) mass is 298 g/mol. The van der Waals surface area contributed by atoms with Crippen LogP contribution in [0.5, 0.6) is 5.75 Å². The topological polar surface area (TPSA) is 58.6 Å². The predicted molar refractivity (Wildman–Crippen MR) is 83.9 cm³/mol. The molecule has 1 aliphatic rings. The highest BCUT2D eigenvalue weighted by Gasteiger charge is 2.17. The number of carbonyl (C=O) groups excluding carboxylic acids is 1. The molecule has 1 fully saturated rings. The summed E-state index contributed by atoms with van der Waals surface area (Å²) in [6.45, 7) is 2.96. The number of carbonyl (C=O) groups is 1. The quantitative estimate of drug-likeness (QED) is 0.799. The molecule has 6 heteroatoms. The zero-order valence-corrected chi connectivity index (χ0v) is 12.5. The molecule has 0 N–H and O–H groups in total. The number of amides is 1. The van der Waals surface area contributed by atoms with Gasteiger partial charge in [-0.05, 0) is 17.7 Å². The molecule has 114 valence electrons. The second kappa shape index (κ2) is 6.43. The minimum absolute atomic E-state index is 0.711. The maximum Gasteiger partial charge on any atom is 0.225 e. The predicted octanol–water partition coefficient (Wildman–Crippen LogP) is 1.43. The molecule has 1 aromatic heterocycles. The van der Waals surface area contributed by atoms with E-state index in [9.17, 15) is 4.79 Å². The average Bonchev–Trinajstić information content (AvgIpc) is 2.62. The van der Waals surface area contributed by atoms with E-state index in [1.54, 1.807) is 12.0 Å². The number of piperazine rings is 1. The first kappa shape index (κ1) is 14.3. The van der Waals surface area contributed by atoms with Gasteiger partial charge in [0, 0.05) is 44.1 Å². The molecule has 6 nitrogen and oxygen atoms in total. The minimum Gasteiger partial charge on any atom is -0.497 e. The Morgan fingerprint density at radius 2 is 1.64 bits per heavy atom. The molecule has 2 aromatic rings. The van der Waals surface area contributed by atoms with Crippen LogP contribution in [-0.2, 0) is 4.79 Å². The van der Waals surface area contributed by atoms with E-state index in [-0.39, 0.29) is 0 Å². The Hall–Kier alpha value is -2.63. The number of rotatable bonds is 4. The number of ether oxygens (including phenoxy) is 1. The lowest BCUT2D eigenvalue weighted by molar-refractivity contribution is -0.118. The van der Waals surface area contributed by atoms with E-state index >= 15 is 0 Å². The first-order chi connectivity index (χ1) is 10.8. The van der Waals surface area contributed by atoms with Crippen molar-refractivity contribution >= 4 is 12.4 Å². The Bertz CT molecular complexity index is 620. The van der Waals surface area contributed by atoms with Crippen LogP contribution >= 0.6 is 0 Å². The number of hydrogen-bond acceptors (Lipinski definition) is 5. The third kappa shape index (κ3) is 3.00. The number of benzene rings is 1. The maximum atomic E-state index is 10.7. The van der Waals surface area contributed by atoms with Crippen LogP contribution in [0, 0.1) is 0 Å². The van der Waals surface area contributed by atoms with E-state index in [1.165, 1.54) is 0 Å². The minimum atomic E-state index is 0.711. The Morgan fingerprint density at radius 1 is 1.00 bits per heavy atom. The fourth-order valence-corrected chi connectivity index (χ4v) is 2.44. The number of methoxy groups -OCH3 is 1. The van der Waals surface area contributed by atoms with Gasteiger partial charge in [0.15, 0.2) is 0 Å². The second-order valence-corrected chi connectivity index (χ2v) is 5.13. The van der Waals surface area contributed by atoms with Crippen molar-refractivity contribution in [3.8, 4) is 16.9 Å². The Kier molecular flexibility index (Phi) is 4.18. The highest BCUT2D eigenvalue weighted by atomic mass is 16.5. The summed E-state index contributed by atoms with van der Waals surface area (Å²) in [6.07, 6.45) is 4.55. The van der Waals surface area contributed by atoms with Crippen molar-refractivity contribution in [3.63, 3.8) is 0 Å². The highest BCUT2D eigenvalue weighted by Crippen LogP contribution is 2.22. The molecule has 0 spiro atoms. The van der Waals surface area contributed by atoms with Crippen LogP contribution in [0.3, 0.4) is 0 Å². The molecule has 1 saturated heterocycles. The van der Waals surface area contributed by atoms with Crippen LogP contribution in [-0.4, -0.2) is 54.6 Å². The van der Waals surface area contributed by atoms with Crippen LogP contribution in [0.1, 0.15) is 0 Å². The lowest BCUT2D eigenvalue weighted by atomic mass is 10.1. The van der Waals surface area contributed by atoms with E-state index in [2.05, 4.69) is 14.9 Å². The van der Waals surface area contributed by atoms with Crippen molar-refractivity contribution in [3.05, 3.63) is 36.7 Å². The third-order valence-electron chi connectivity index (χ3n) is 3.81. The summed E-state index contributed by atoms with van der Waals surface area (Å²) in [6, 6.07) is 7.81. The van der Waals surface area contributed by atoms with Crippen molar-refractivity contribution in [1.82, 2.24) is 14.9 Å². The molecule has 0 radical (unpaired) electrons. The standard InChI is InChI=1S/C16H18N4O2/c1-22-15-4-2-13(3-5-15)14-10-17-16(18-11-14)20-8-6-19(12-21)7-9-20/h2-5,10-12H,6-9H2,1H3. The SMILES string of the molecule is COc1ccc(-c2cnc(N3CCN(C=O)CC3)nc2)cc1. The molecule has 2 heterocycles. The molecular formula is C16H18N4O2. The molecule has 3 rings (SSSR count). The number of aromatic nitrogens is 2. The number of anilines is 1. The van der Waals surface area contributed by atoms with Gasteiger partial charge in [-0.25, -0.2) is 9.97 Å². The van der Waals surface area contributed by atoms with Gasteiger partial charge in [0.25, 0.3) is 0 Å². The Morgan fingerprint density at radius 3 is 2.18 bits per heavy atom. The molecule has 1 aliphatic heterocycles. The molecule has 0 bridgehead atoms. The van der Waals surface area contributed by atoms with E-state index in [0.29, 0.717) is 19.0 Å². The average molecular weight is 298 g/mol. The molecule has 1 amide bonds. The summed E-state index contributed by atoms with van der Waals surface area (Å²) in [5.74, 6) is 1.54. The normalized spacial score (nSPS) is 14.8. The maximum absolute atomic E-state index is 10.7. The van der Waals surface area contributed by atoms with Gasteiger partial charge < -0.3 is 14.5 Å². The van der Waals surface area contributed by atoms with Gasteiger partial charge in [-0.2, -0.15) is 0 Å². The summed E-state index contributed by atoms with van der Waals surface area (Å²) < 4.78 is 5.15. The van der Waals surface area contributed by atoms with Crippen molar-refractivity contribution < 1.29 is 9.53 Å². The first-order valence-electron chi connectivity index (χ1n) is 7.21. The van der Waals surface area contributed by atoms with Crippen molar-refractivity contribution in [2.24, 2.45) is 0 Å². The van der Waals surface area contributed by atoms with Gasteiger partial charge >= 0.3 is 0 Å². The zero-order valence-electron chi connectivity index (χ0n) is 12.5. The first-order valence-corrected chi connectivity index (χ1v) is 7.21. The van der Waals surface area contributed by atoms with Gasteiger partial charge in [0.2, 0.25) is 12.4 Å². The molecule has 1 aromatic carbocycles. The van der Waals surface area contributed by atoms with Crippen molar-refractivity contribution in [1.29, 1.82) is 0 Å². The largest absolute Gasteiger partial charge is 0.497 e. The summed E-state index contributed by atoms with van der Waals surface area (Å²) >= 11 is 0. The lowest BCUT2D eigenvalue weighted by Crippen LogP contribution is -2.46. The Balaban J connectivity index is 1.71. The Labute approximate surface area is 129 Å². The van der Waals surface area contributed by atoms with Crippen LogP contribution < -0.4 is 9.64 Å².